The third kappa shape index (κ3) is 4.56. The van der Waals surface area contributed by atoms with E-state index >= 15 is 0 Å². The summed E-state index contributed by atoms with van der Waals surface area (Å²) in [5.74, 6) is -1.08. The minimum absolute atomic E-state index is 0.131. The summed E-state index contributed by atoms with van der Waals surface area (Å²) >= 11 is 0. The molecule has 0 bridgehead atoms. The first-order valence-corrected chi connectivity index (χ1v) is 7.67. The molecule has 126 valence electrons. The molecule has 0 aliphatic carbocycles. The molecule has 0 radical (unpaired) electrons. The van der Waals surface area contributed by atoms with E-state index in [1.807, 2.05) is 4.90 Å². The number of nitro benzene ring substituents is 1. The summed E-state index contributed by atoms with van der Waals surface area (Å²) < 4.78 is 0. The maximum absolute atomic E-state index is 12.0. The summed E-state index contributed by atoms with van der Waals surface area (Å²) in [6.45, 7) is 3.11. The zero-order valence-electron chi connectivity index (χ0n) is 12.8. The van der Waals surface area contributed by atoms with E-state index in [1.54, 1.807) is 0 Å². The normalized spacial score (nSPS) is 14.7. The fourth-order valence-electron chi connectivity index (χ4n) is 2.62. The number of hydrogen-bond acceptors (Lipinski definition) is 6. The molecule has 0 spiro atoms. The lowest BCUT2D eigenvalue weighted by molar-refractivity contribution is -0.386. The molecule has 1 saturated heterocycles. The fraction of sp³-hybridized carbons (Fsp3) is 0.533. The van der Waals surface area contributed by atoms with Crippen molar-refractivity contribution in [3.05, 3.63) is 27.8 Å². The van der Waals surface area contributed by atoms with E-state index in [0.717, 1.165) is 26.2 Å². The quantitative estimate of drug-likeness (QED) is 0.313. The number of carbonyl (C=O) groups excluding carboxylic acids is 1. The Morgan fingerprint density at radius 1 is 1.26 bits per heavy atom. The summed E-state index contributed by atoms with van der Waals surface area (Å²) in [4.78, 5) is 23.9. The van der Waals surface area contributed by atoms with Gasteiger partial charge < -0.3 is 20.4 Å². The number of benzene rings is 1. The number of nitrogens with zero attached hydrogens (tertiary/aromatic N) is 2. The number of rotatable bonds is 6. The number of phenols is 2. The average molecular weight is 323 g/mol. The number of piperazine rings is 1. The summed E-state index contributed by atoms with van der Waals surface area (Å²) in [7, 11) is 0. The molecule has 8 heteroatoms. The van der Waals surface area contributed by atoms with E-state index in [2.05, 4.69) is 5.32 Å². The van der Waals surface area contributed by atoms with Gasteiger partial charge in [-0.15, -0.1) is 0 Å². The average Bonchev–Trinajstić information content (AvgIpc) is 2.55. The smallest absolute Gasteiger partial charge is 0.314 e. The molecule has 1 aliphatic heterocycles. The van der Waals surface area contributed by atoms with Crippen LogP contribution in [0.25, 0.3) is 0 Å². The van der Waals surface area contributed by atoms with E-state index in [1.165, 1.54) is 12.1 Å². The van der Waals surface area contributed by atoms with E-state index < -0.39 is 22.1 Å². The Kier molecular flexibility index (Phi) is 5.75. The summed E-state index contributed by atoms with van der Waals surface area (Å²) in [6, 6.07) is 2.58. The number of hydrogen-bond donors (Lipinski definition) is 3. The van der Waals surface area contributed by atoms with E-state index in [4.69, 9.17) is 0 Å². The maximum atomic E-state index is 12.0. The number of amides is 1. The molecule has 3 N–H and O–H groups in total. The van der Waals surface area contributed by atoms with Crippen LogP contribution in [0.1, 0.15) is 24.8 Å². The molecule has 1 amide bonds. The van der Waals surface area contributed by atoms with Crippen molar-refractivity contribution in [1.82, 2.24) is 10.2 Å². The van der Waals surface area contributed by atoms with Crippen LogP contribution >= 0.6 is 0 Å². The highest BCUT2D eigenvalue weighted by atomic mass is 16.6. The molecular formula is C15H21N3O5. The van der Waals surface area contributed by atoms with Crippen LogP contribution in [0.5, 0.6) is 11.5 Å². The lowest BCUT2D eigenvalue weighted by atomic mass is 10.0. The van der Waals surface area contributed by atoms with Gasteiger partial charge in [0.1, 0.15) is 0 Å². The number of nitro groups is 1. The van der Waals surface area contributed by atoms with Gasteiger partial charge in [-0.05, 0) is 30.9 Å². The summed E-state index contributed by atoms with van der Waals surface area (Å²) in [6.07, 6.45) is 2.31. The van der Waals surface area contributed by atoms with Crippen LogP contribution in [0.4, 0.5) is 5.69 Å². The van der Waals surface area contributed by atoms with Crippen molar-refractivity contribution in [2.24, 2.45) is 0 Å². The standard InChI is InChI=1S/C15H21N3O5/c19-13-10-11(9-12(15(13)21)18(22)23)3-1-2-4-14(20)17-7-5-16-6-8-17/h9-10,16,19,21H,1-8H2. The van der Waals surface area contributed by atoms with Crippen molar-refractivity contribution in [3.63, 3.8) is 0 Å². The molecule has 1 heterocycles. The van der Waals surface area contributed by atoms with E-state index in [9.17, 15) is 25.1 Å². The van der Waals surface area contributed by atoms with Crippen molar-refractivity contribution in [2.75, 3.05) is 26.2 Å². The van der Waals surface area contributed by atoms with Crippen LogP contribution in [0.3, 0.4) is 0 Å². The van der Waals surface area contributed by atoms with Gasteiger partial charge in [-0.2, -0.15) is 0 Å². The second kappa shape index (κ2) is 7.77. The molecule has 8 nitrogen and oxygen atoms in total. The van der Waals surface area contributed by atoms with Crippen LogP contribution < -0.4 is 5.32 Å². The van der Waals surface area contributed by atoms with Gasteiger partial charge in [-0.25, -0.2) is 0 Å². The fourth-order valence-corrected chi connectivity index (χ4v) is 2.62. The lowest BCUT2D eigenvalue weighted by Gasteiger charge is -2.27. The summed E-state index contributed by atoms with van der Waals surface area (Å²) in [5, 5.41) is 32.9. The lowest BCUT2D eigenvalue weighted by Crippen LogP contribution is -2.46. The van der Waals surface area contributed by atoms with Gasteiger partial charge in [0.25, 0.3) is 0 Å². The minimum Gasteiger partial charge on any atom is -0.504 e. The Balaban J connectivity index is 1.82. The van der Waals surface area contributed by atoms with Crippen LogP contribution in [0, 0.1) is 10.1 Å². The number of nitrogens with one attached hydrogen (secondary N) is 1. The first-order chi connectivity index (χ1) is 11.0. The maximum Gasteiger partial charge on any atom is 0.314 e. The van der Waals surface area contributed by atoms with Gasteiger partial charge in [0.2, 0.25) is 11.7 Å². The molecule has 1 aromatic carbocycles. The van der Waals surface area contributed by atoms with E-state index in [0.29, 0.717) is 31.2 Å². The topological polar surface area (TPSA) is 116 Å². The zero-order chi connectivity index (χ0) is 16.8. The molecule has 0 atom stereocenters. The van der Waals surface area contributed by atoms with Crippen molar-refractivity contribution in [2.45, 2.75) is 25.7 Å². The van der Waals surface area contributed by atoms with Gasteiger partial charge in [0.05, 0.1) is 4.92 Å². The van der Waals surface area contributed by atoms with Gasteiger partial charge in [0, 0.05) is 38.7 Å². The predicted molar refractivity (Wildman–Crippen MR) is 83.4 cm³/mol. The molecule has 1 aliphatic rings. The highest BCUT2D eigenvalue weighted by molar-refractivity contribution is 5.76. The van der Waals surface area contributed by atoms with Crippen LogP contribution in [-0.2, 0) is 11.2 Å². The predicted octanol–water partition coefficient (Wildman–Crippen LogP) is 1.15. The van der Waals surface area contributed by atoms with Crippen molar-refractivity contribution in [3.8, 4) is 11.5 Å². The second-order valence-corrected chi connectivity index (χ2v) is 5.58. The Morgan fingerprint density at radius 2 is 1.96 bits per heavy atom. The number of carbonyl (C=O) groups is 1. The SMILES string of the molecule is O=C(CCCCc1cc(O)c(O)c([N+](=O)[O-])c1)N1CCNCC1. The van der Waals surface area contributed by atoms with Crippen molar-refractivity contribution < 1.29 is 19.9 Å². The Hall–Kier alpha value is -2.35. The monoisotopic (exact) mass is 323 g/mol. The number of aromatic hydroxyl groups is 2. The first-order valence-electron chi connectivity index (χ1n) is 7.67. The number of phenolic OH excluding ortho intramolecular Hbond substituents is 2. The first kappa shape index (κ1) is 17.0. The number of aryl methyl sites for hydroxylation is 1. The highest BCUT2D eigenvalue weighted by Gasteiger charge is 2.19. The Bertz CT molecular complexity index is 585. The van der Waals surface area contributed by atoms with Crippen LogP contribution in [0.2, 0.25) is 0 Å². The summed E-state index contributed by atoms with van der Waals surface area (Å²) in [5.41, 5.74) is 0.0681. The Labute approximate surface area is 133 Å². The van der Waals surface area contributed by atoms with E-state index in [-0.39, 0.29) is 5.91 Å². The molecule has 1 aromatic rings. The minimum atomic E-state index is -0.730. The second-order valence-electron chi connectivity index (χ2n) is 5.58. The zero-order valence-corrected chi connectivity index (χ0v) is 12.8. The van der Waals surface area contributed by atoms with Crippen LogP contribution in [0.15, 0.2) is 12.1 Å². The molecule has 0 saturated carbocycles. The van der Waals surface area contributed by atoms with Gasteiger partial charge >= 0.3 is 5.69 Å². The highest BCUT2D eigenvalue weighted by Crippen LogP contribution is 2.36. The molecule has 1 fully saturated rings. The van der Waals surface area contributed by atoms with Crippen molar-refractivity contribution in [1.29, 1.82) is 0 Å². The molecular weight excluding hydrogens is 302 g/mol. The number of unbranched alkanes of at least 4 members (excludes halogenated alkanes) is 1. The molecule has 0 unspecified atom stereocenters. The molecule has 2 rings (SSSR count). The van der Waals surface area contributed by atoms with Gasteiger partial charge in [-0.1, -0.05) is 0 Å². The van der Waals surface area contributed by atoms with Crippen molar-refractivity contribution >= 4 is 11.6 Å². The van der Waals surface area contributed by atoms with Crippen LogP contribution in [-0.4, -0.2) is 52.1 Å². The molecule has 23 heavy (non-hydrogen) atoms. The third-order valence-corrected chi connectivity index (χ3v) is 3.90. The largest absolute Gasteiger partial charge is 0.504 e. The Morgan fingerprint density at radius 3 is 2.61 bits per heavy atom. The third-order valence-electron chi connectivity index (χ3n) is 3.90. The van der Waals surface area contributed by atoms with Gasteiger partial charge in [0.15, 0.2) is 5.75 Å². The van der Waals surface area contributed by atoms with Gasteiger partial charge in [-0.3, -0.25) is 14.9 Å². The molecule has 0 aromatic heterocycles.